The van der Waals surface area contributed by atoms with E-state index in [9.17, 15) is 19.2 Å². The second-order valence-electron chi connectivity index (χ2n) is 7.83. The van der Waals surface area contributed by atoms with E-state index in [0.29, 0.717) is 0 Å². The second kappa shape index (κ2) is 10.3. The SMILES string of the molecule is CC(=O)OC[C@H]1O[C@@H](n2cnc3c(NC(=O)C(C)C)nc(Cl)nc32)[C@H](OC(C)=O)[C@@H]1OC(C)=O. The van der Waals surface area contributed by atoms with Crippen molar-refractivity contribution in [1.29, 1.82) is 0 Å². The third-order valence-corrected chi connectivity index (χ3v) is 4.94. The lowest BCUT2D eigenvalue weighted by molar-refractivity contribution is -0.166. The lowest BCUT2D eigenvalue weighted by Crippen LogP contribution is -2.40. The fraction of sp³-hybridized carbons (Fsp3) is 0.550. The minimum atomic E-state index is -1.14. The summed E-state index contributed by atoms with van der Waals surface area (Å²) in [6.45, 7) is 6.74. The van der Waals surface area contributed by atoms with Crippen LogP contribution in [0.15, 0.2) is 6.33 Å². The third-order valence-electron chi connectivity index (χ3n) is 4.77. The molecule has 0 saturated carbocycles. The third kappa shape index (κ3) is 5.59. The zero-order valence-corrected chi connectivity index (χ0v) is 19.9. The molecule has 34 heavy (non-hydrogen) atoms. The normalized spacial score (nSPS) is 22.0. The number of imidazole rings is 1. The van der Waals surface area contributed by atoms with E-state index in [0.717, 1.165) is 0 Å². The van der Waals surface area contributed by atoms with Crippen molar-refractivity contribution in [3.05, 3.63) is 11.6 Å². The number of aromatic nitrogens is 4. The lowest BCUT2D eigenvalue weighted by Gasteiger charge is -2.23. The number of amides is 1. The summed E-state index contributed by atoms with van der Waals surface area (Å²) in [6.07, 6.45) is -2.95. The van der Waals surface area contributed by atoms with E-state index >= 15 is 0 Å². The van der Waals surface area contributed by atoms with Crippen molar-refractivity contribution in [3.63, 3.8) is 0 Å². The first-order chi connectivity index (χ1) is 16.0. The molecular weight excluding hydrogens is 474 g/mol. The minimum Gasteiger partial charge on any atom is -0.463 e. The quantitative estimate of drug-likeness (QED) is 0.334. The van der Waals surface area contributed by atoms with Gasteiger partial charge in [-0.3, -0.25) is 23.7 Å². The monoisotopic (exact) mass is 497 g/mol. The first kappa shape index (κ1) is 25.3. The first-order valence-corrected chi connectivity index (χ1v) is 10.7. The summed E-state index contributed by atoms with van der Waals surface area (Å²) in [5.41, 5.74) is 0.368. The van der Waals surface area contributed by atoms with Gasteiger partial charge in [0.15, 0.2) is 35.4 Å². The molecule has 1 amide bonds. The number of fused-ring (bicyclic) bond motifs is 1. The van der Waals surface area contributed by atoms with Crippen molar-refractivity contribution in [3.8, 4) is 0 Å². The fourth-order valence-corrected chi connectivity index (χ4v) is 3.51. The van der Waals surface area contributed by atoms with Crippen LogP contribution >= 0.6 is 11.6 Å². The van der Waals surface area contributed by atoms with Crippen LogP contribution in [0.4, 0.5) is 5.82 Å². The number of hydrogen-bond donors (Lipinski definition) is 1. The fourth-order valence-electron chi connectivity index (χ4n) is 3.34. The molecule has 4 atom stereocenters. The Morgan fingerprint density at radius 3 is 2.32 bits per heavy atom. The summed E-state index contributed by atoms with van der Waals surface area (Å²) in [4.78, 5) is 59.6. The average Bonchev–Trinajstić information content (AvgIpc) is 3.27. The highest BCUT2D eigenvalue weighted by atomic mass is 35.5. The number of hydrogen-bond acceptors (Lipinski definition) is 11. The highest BCUT2D eigenvalue weighted by Crippen LogP contribution is 2.36. The number of carbonyl (C=O) groups excluding carboxylic acids is 4. The smallest absolute Gasteiger partial charge is 0.303 e. The molecule has 3 rings (SSSR count). The molecule has 3 heterocycles. The lowest BCUT2D eigenvalue weighted by atomic mass is 10.1. The number of ether oxygens (including phenoxy) is 4. The summed E-state index contributed by atoms with van der Waals surface area (Å²) in [6, 6.07) is 0. The highest BCUT2D eigenvalue weighted by molar-refractivity contribution is 6.28. The van der Waals surface area contributed by atoms with Crippen LogP contribution in [0.2, 0.25) is 5.28 Å². The van der Waals surface area contributed by atoms with Crippen LogP contribution in [0.3, 0.4) is 0 Å². The molecule has 184 valence electrons. The summed E-state index contributed by atoms with van der Waals surface area (Å²) >= 11 is 6.09. The molecule has 0 unspecified atom stereocenters. The summed E-state index contributed by atoms with van der Waals surface area (Å²) in [5, 5.41) is 2.47. The summed E-state index contributed by atoms with van der Waals surface area (Å²) in [7, 11) is 0. The Bertz CT molecular complexity index is 1120. The van der Waals surface area contributed by atoms with Crippen molar-refractivity contribution in [2.75, 3.05) is 11.9 Å². The molecule has 14 heteroatoms. The molecule has 0 aliphatic carbocycles. The van der Waals surface area contributed by atoms with Gasteiger partial charge in [-0.05, 0) is 11.6 Å². The van der Waals surface area contributed by atoms with Gasteiger partial charge in [0.05, 0.1) is 6.33 Å². The Labute approximate surface area is 199 Å². The predicted octanol–water partition coefficient (Wildman–Crippen LogP) is 1.40. The number of rotatable bonds is 7. The number of nitrogens with one attached hydrogen (secondary N) is 1. The highest BCUT2D eigenvalue weighted by Gasteiger charge is 2.51. The predicted molar refractivity (Wildman–Crippen MR) is 115 cm³/mol. The Morgan fingerprint density at radius 2 is 1.74 bits per heavy atom. The standard InChI is InChI=1S/C20H24ClN5O8/c1-8(2)18(30)23-16-13-17(25-20(21)24-16)26(7-22-13)19-15(33-11(5)29)14(32-10(4)28)12(34-19)6-31-9(3)27/h7-8,12,14-15,19H,6H2,1-5H3,(H,23,24,25,30)/t12-,14-,15-,19-/m1/s1. The Morgan fingerprint density at radius 1 is 1.09 bits per heavy atom. The maximum Gasteiger partial charge on any atom is 0.303 e. The van der Waals surface area contributed by atoms with Crippen molar-refractivity contribution < 1.29 is 38.1 Å². The maximum atomic E-state index is 12.2. The topological polar surface area (TPSA) is 161 Å². The van der Waals surface area contributed by atoms with Gasteiger partial charge < -0.3 is 24.3 Å². The number of carbonyl (C=O) groups is 4. The molecule has 1 fully saturated rings. The summed E-state index contributed by atoms with van der Waals surface area (Å²) < 4.78 is 23.2. The first-order valence-electron chi connectivity index (χ1n) is 10.3. The van der Waals surface area contributed by atoms with Gasteiger partial charge in [0.25, 0.3) is 0 Å². The van der Waals surface area contributed by atoms with Crippen molar-refractivity contribution in [2.45, 2.75) is 59.2 Å². The van der Waals surface area contributed by atoms with Crippen LogP contribution in [-0.4, -0.2) is 68.3 Å². The summed E-state index contributed by atoms with van der Waals surface area (Å²) in [5.74, 6) is -2.44. The van der Waals surface area contributed by atoms with E-state index in [-0.39, 0.29) is 40.7 Å². The largest absolute Gasteiger partial charge is 0.463 e. The zero-order chi connectivity index (χ0) is 25.2. The maximum absolute atomic E-state index is 12.2. The average molecular weight is 498 g/mol. The van der Waals surface area contributed by atoms with Crippen LogP contribution in [0.1, 0.15) is 40.8 Å². The van der Waals surface area contributed by atoms with E-state index in [1.54, 1.807) is 13.8 Å². The van der Waals surface area contributed by atoms with Crippen LogP contribution in [0.25, 0.3) is 11.2 Å². The Hall–Kier alpha value is -3.32. The van der Waals surface area contributed by atoms with Crippen molar-refractivity contribution >= 4 is 52.4 Å². The Kier molecular flexibility index (Phi) is 7.67. The van der Waals surface area contributed by atoms with Crippen LogP contribution < -0.4 is 5.32 Å². The number of halogens is 1. The van der Waals surface area contributed by atoms with E-state index in [4.69, 9.17) is 30.5 Å². The van der Waals surface area contributed by atoms with Gasteiger partial charge in [-0.15, -0.1) is 0 Å². The molecule has 2 aromatic heterocycles. The van der Waals surface area contributed by atoms with Crippen molar-refractivity contribution in [1.82, 2.24) is 19.5 Å². The van der Waals surface area contributed by atoms with Gasteiger partial charge in [-0.2, -0.15) is 9.97 Å². The van der Waals surface area contributed by atoms with Crippen LogP contribution in [0.5, 0.6) is 0 Å². The number of anilines is 1. The van der Waals surface area contributed by atoms with E-state index in [1.165, 1.54) is 31.7 Å². The second-order valence-corrected chi connectivity index (χ2v) is 8.16. The molecule has 2 aromatic rings. The van der Waals surface area contributed by atoms with Gasteiger partial charge in [0.1, 0.15) is 12.7 Å². The number of nitrogens with zero attached hydrogens (tertiary/aromatic N) is 4. The molecule has 0 spiro atoms. The molecule has 1 N–H and O–H groups in total. The van der Waals surface area contributed by atoms with Gasteiger partial charge in [-0.1, -0.05) is 13.8 Å². The molecule has 13 nitrogen and oxygen atoms in total. The van der Waals surface area contributed by atoms with Gasteiger partial charge in [0.2, 0.25) is 11.2 Å². The molecule has 0 bridgehead atoms. The zero-order valence-electron chi connectivity index (χ0n) is 19.1. The minimum absolute atomic E-state index is 0.0856. The Balaban J connectivity index is 2.06. The molecule has 1 aliphatic rings. The molecule has 0 radical (unpaired) electrons. The van der Waals surface area contributed by atoms with Gasteiger partial charge in [0, 0.05) is 26.7 Å². The molecule has 1 saturated heterocycles. The van der Waals surface area contributed by atoms with Crippen LogP contribution in [-0.2, 0) is 38.1 Å². The molecule has 1 aliphatic heterocycles. The molecular formula is C20H24ClN5O8. The molecule has 0 aromatic carbocycles. The van der Waals surface area contributed by atoms with E-state index in [2.05, 4.69) is 20.3 Å². The van der Waals surface area contributed by atoms with E-state index in [1.807, 2.05) is 0 Å². The van der Waals surface area contributed by atoms with Crippen molar-refractivity contribution in [2.24, 2.45) is 5.92 Å². The van der Waals surface area contributed by atoms with Gasteiger partial charge >= 0.3 is 17.9 Å². The van der Waals surface area contributed by atoms with E-state index < -0.39 is 42.4 Å². The van der Waals surface area contributed by atoms with Crippen LogP contribution in [0, 0.1) is 5.92 Å². The van der Waals surface area contributed by atoms with Gasteiger partial charge in [-0.25, -0.2) is 4.98 Å². The number of esters is 3.